The molecule has 0 radical (unpaired) electrons. The molecule has 0 bridgehead atoms. The van der Waals surface area contributed by atoms with Crippen molar-refractivity contribution in [2.45, 2.75) is 18.4 Å². The summed E-state index contributed by atoms with van der Waals surface area (Å²) in [5.74, 6) is 0.669. The predicted molar refractivity (Wildman–Crippen MR) is 72.6 cm³/mol. The Morgan fingerprint density at radius 3 is 2.85 bits per heavy atom. The molecular formula is C12H15N3O4S. The van der Waals surface area contributed by atoms with Crippen LogP contribution in [0.4, 0.5) is 5.69 Å². The summed E-state index contributed by atoms with van der Waals surface area (Å²) < 4.78 is 37.1. The molecule has 0 unspecified atom stereocenters. The summed E-state index contributed by atoms with van der Waals surface area (Å²) >= 11 is 0. The molecule has 1 heterocycles. The lowest BCUT2D eigenvalue weighted by Crippen LogP contribution is -2.23. The highest BCUT2D eigenvalue weighted by Gasteiger charge is 2.20. The molecule has 1 aromatic heterocycles. The van der Waals surface area contributed by atoms with Gasteiger partial charge in [-0.15, -0.1) is 0 Å². The molecule has 2 aromatic rings. The van der Waals surface area contributed by atoms with Crippen LogP contribution < -0.4 is 15.2 Å². The number of ether oxygens (including phenoxy) is 1. The quantitative estimate of drug-likeness (QED) is 0.774. The van der Waals surface area contributed by atoms with Gasteiger partial charge >= 0.3 is 0 Å². The highest BCUT2D eigenvalue weighted by atomic mass is 32.2. The normalized spacial score (nSPS) is 11.4. The number of nitrogens with zero attached hydrogens (tertiary/aromatic N) is 1. The van der Waals surface area contributed by atoms with Gasteiger partial charge < -0.3 is 15.0 Å². The van der Waals surface area contributed by atoms with Crippen LogP contribution in [0.5, 0.6) is 5.75 Å². The van der Waals surface area contributed by atoms with E-state index in [0.717, 1.165) is 0 Å². The number of aromatic nitrogens is 1. The first kappa shape index (κ1) is 14.4. The number of nitrogen functional groups attached to an aromatic ring is 1. The Hall–Kier alpha value is -2.06. The summed E-state index contributed by atoms with van der Waals surface area (Å²) in [6.45, 7) is 2.13. The van der Waals surface area contributed by atoms with Gasteiger partial charge in [-0.3, -0.25) is 0 Å². The van der Waals surface area contributed by atoms with Gasteiger partial charge in [-0.2, -0.15) is 0 Å². The summed E-state index contributed by atoms with van der Waals surface area (Å²) in [7, 11) is -3.75. The maximum Gasteiger partial charge on any atom is 0.244 e. The molecule has 0 fully saturated rings. The van der Waals surface area contributed by atoms with Crippen LogP contribution in [0.2, 0.25) is 0 Å². The van der Waals surface area contributed by atoms with E-state index in [2.05, 4.69) is 9.88 Å². The Morgan fingerprint density at radius 1 is 1.40 bits per heavy atom. The second kappa shape index (κ2) is 5.93. The van der Waals surface area contributed by atoms with Gasteiger partial charge in [0.05, 0.1) is 19.3 Å². The molecule has 20 heavy (non-hydrogen) atoms. The standard InChI is InChI=1S/C12H15N3O4S/c1-2-18-11-4-3-9(13)7-12(11)20(16,17)15-8-10-5-6-14-19-10/h3-7,15H,2,8,13H2,1H3. The highest BCUT2D eigenvalue weighted by Crippen LogP contribution is 2.26. The maximum absolute atomic E-state index is 12.3. The van der Waals surface area contributed by atoms with Crippen LogP contribution in [0, 0.1) is 0 Å². The van der Waals surface area contributed by atoms with Crippen molar-refractivity contribution >= 4 is 15.7 Å². The first-order valence-electron chi connectivity index (χ1n) is 5.94. The molecule has 0 saturated carbocycles. The zero-order valence-electron chi connectivity index (χ0n) is 10.9. The number of nitrogens with two attached hydrogens (primary N) is 1. The van der Waals surface area contributed by atoms with Crippen LogP contribution in [-0.4, -0.2) is 20.2 Å². The smallest absolute Gasteiger partial charge is 0.244 e. The Labute approximate surface area is 116 Å². The average molecular weight is 297 g/mol. The minimum Gasteiger partial charge on any atom is -0.492 e. The predicted octanol–water partition coefficient (Wildman–Crippen LogP) is 1.13. The molecule has 0 aliphatic heterocycles. The Balaban J connectivity index is 2.26. The van der Waals surface area contributed by atoms with Crippen molar-refractivity contribution in [3.63, 3.8) is 0 Å². The second-order valence-corrected chi connectivity index (χ2v) is 5.68. The zero-order valence-corrected chi connectivity index (χ0v) is 11.7. The fraction of sp³-hybridized carbons (Fsp3) is 0.250. The maximum atomic E-state index is 12.3. The van der Waals surface area contributed by atoms with Crippen molar-refractivity contribution in [2.75, 3.05) is 12.3 Å². The minimum absolute atomic E-state index is 0.00105. The third kappa shape index (κ3) is 3.28. The van der Waals surface area contributed by atoms with Gasteiger partial charge in [0.1, 0.15) is 10.6 Å². The molecule has 8 heteroatoms. The minimum atomic E-state index is -3.75. The number of sulfonamides is 1. The lowest BCUT2D eigenvalue weighted by molar-refractivity contribution is 0.331. The van der Waals surface area contributed by atoms with E-state index in [9.17, 15) is 8.42 Å². The monoisotopic (exact) mass is 297 g/mol. The fourth-order valence-electron chi connectivity index (χ4n) is 1.59. The van der Waals surface area contributed by atoms with E-state index in [1.807, 2.05) is 0 Å². The molecular weight excluding hydrogens is 282 g/mol. The first-order chi connectivity index (χ1) is 9.53. The number of anilines is 1. The van der Waals surface area contributed by atoms with E-state index in [0.29, 0.717) is 18.1 Å². The average Bonchev–Trinajstić information content (AvgIpc) is 2.92. The van der Waals surface area contributed by atoms with Crippen LogP contribution in [0.15, 0.2) is 39.9 Å². The van der Waals surface area contributed by atoms with Gasteiger partial charge in [-0.05, 0) is 25.1 Å². The van der Waals surface area contributed by atoms with Crippen LogP contribution >= 0.6 is 0 Å². The summed E-state index contributed by atoms with van der Waals surface area (Å²) in [6.07, 6.45) is 1.44. The SMILES string of the molecule is CCOc1ccc(N)cc1S(=O)(=O)NCc1ccno1. The Bertz CT molecular complexity index is 668. The van der Waals surface area contributed by atoms with Crippen molar-refractivity contribution in [1.82, 2.24) is 9.88 Å². The molecule has 108 valence electrons. The molecule has 0 aliphatic rings. The van der Waals surface area contributed by atoms with E-state index >= 15 is 0 Å². The summed E-state index contributed by atoms with van der Waals surface area (Å²) in [5, 5.41) is 3.50. The molecule has 2 rings (SSSR count). The fourth-order valence-corrected chi connectivity index (χ4v) is 2.76. The van der Waals surface area contributed by atoms with Crippen molar-refractivity contribution in [1.29, 1.82) is 0 Å². The van der Waals surface area contributed by atoms with Crippen LogP contribution in [0.25, 0.3) is 0 Å². The molecule has 3 N–H and O–H groups in total. The van der Waals surface area contributed by atoms with Crippen LogP contribution in [0.1, 0.15) is 12.7 Å². The van der Waals surface area contributed by atoms with Gasteiger partial charge in [-0.1, -0.05) is 5.16 Å². The molecule has 0 spiro atoms. The third-order valence-electron chi connectivity index (χ3n) is 2.48. The highest BCUT2D eigenvalue weighted by molar-refractivity contribution is 7.89. The van der Waals surface area contributed by atoms with Gasteiger partial charge in [0.2, 0.25) is 10.0 Å². The zero-order chi connectivity index (χ0) is 14.6. The van der Waals surface area contributed by atoms with E-state index in [1.54, 1.807) is 19.1 Å². The molecule has 7 nitrogen and oxygen atoms in total. The van der Waals surface area contributed by atoms with E-state index in [-0.39, 0.29) is 17.2 Å². The van der Waals surface area contributed by atoms with Gasteiger partial charge in [0, 0.05) is 11.8 Å². The van der Waals surface area contributed by atoms with Gasteiger partial charge in [-0.25, -0.2) is 13.1 Å². The molecule has 0 aliphatic carbocycles. The first-order valence-corrected chi connectivity index (χ1v) is 7.43. The van der Waals surface area contributed by atoms with Crippen molar-refractivity contribution in [3.8, 4) is 5.75 Å². The van der Waals surface area contributed by atoms with Crippen molar-refractivity contribution < 1.29 is 17.7 Å². The Kier molecular flexibility index (Phi) is 4.26. The lowest BCUT2D eigenvalue weighted by Gasteiger charge is -2.11. The van der Waals surface area contributed by atoms with E-state index < -0.39 is 10.0 Å². The Morgan fingerprint density at radius 2 is 2.20 bits per heavy atom. The van der Waals surface area contributed by atoms with E-state index in [1.165, 1.54) is 18.3 Å². The number of benzene rings is 1. The number of hydrogen-bond donors (Lipinski definition) is 2. The second-order valence-electron chi connectivity index (χ2n) is 3.94. The van der Waals surface area contributed by atoms with Crippen molar-refractivity contribution in [2.24, 2.45) is 0 Å². The topological polar surface area (TPSA) is 107 Å². The number of rotatable bonds is 6. The van der Waals surface area contributed by atoms with Crippen molar-refractivity contribution in [3.05, 3.63) is 36.2 Å². The molecule has 0 saturated heterocycles. The van der Waals surface area contributed by atoms with Crippen LogP contribution in [0.3, 0.4) is 0 Å². The lowest BCUT2D eigenvalue weighted by atomic mass is 10.3. The summed E-state index contributed by atoms with van der Waals surface area (Å²) in [5.41, 5.74) is 5.98. The number of nitrogens with one attached hydrogen (secondary N) is 1. The van der Waals surface area contributed by atoms with Gasteiger partial charge in [0.25, 0.3) is 0 Å². The molecule has 0 atom stereocenters. The van der Waals surface area contributed by atoms with Crippen LogP contribution in [-0.2, 0) is 16.6 Å². The molecule has 0 amide bonds. The summed E-state index contributed by atoms with van der Waals surface area (Å²) in [4.78, 5) is -0.00105. The summed E-state index contributed by atoms with van der Waals surface area (Å²) in [6, 6.07) is 6.04. The third-order valence-corrected chi connectivity index (χ3v) is 3.91. The molecule has 1 aromatic carbocycles. The van der Waals surface area contributed by atoms with E-state index in [4.69, 9.17) is 15.0 Å². The largest absolute Gasteiger partial charge is 0.492 e. The number of hydrogen-bond acceptors (Lipinski definition) is 6. The van der Waals surface area contributed by atoms with Gasteiger partial charge in [0.15, 0.2) is 5.76 Å².